The topological polar surface area (TPSA) is 214 Å². The number of nitrogens with two attached hydrogens (primary N) is 2. The normalized spacial score (nSPS) is 14.7. The van der Waals surface area contributed by atoms with Crippen molar-refractivity contribution in [1.29, 1.82) is 0 Å². The van der Waals surface area contributed by atoms with Gasteiger partial charge in [0.15, 0.2) is 0 Å². The molecule has 9 N–H and O–H groups in total. The van der Waals surface area contributed by atoms with E-state index in [0.717, 1.165) is 0 Å². The first kappa shape index (κ1) is 29.9. The molecule has 5 atom stereocenters. The first-order valence-electron chi connectivity index (χ1n) is 11.9. The average molecular weight is 528 g/mol. The summed E-state index contributed by atoms with van der Waals surface area (Å²) in [6.45, 7) is 1.25. The molecule has 0 saturated heterocycles. The summed E-state index contributed by atoms with van der Waals surface area (Å²) in [7, 11) is 0. The summed E-state index contributed by atoms with van der Waals surface area (Å²) in [5.41, 5.74) is 12.0. The molecule has 0 heterocycles. The lowest BCUT2D eigenvalue weighted by Gasteiger charge is -2.26. The number of hydrogen-bond acceptors (Lipinski definition) is 7. The molecule has 4 amide bonds. The number of carbonyl (C=O) groups is 5. The number of nitrogens with one attached hydrogen (secondary N) is 3. The SMILES string of the molecule is CC(O)C(NC(=O)C(N)CC(N)=O)C(=O)NC(Cc1ccccc1)C(=O)NC(Cc1ccccc1)C(=O)O. The highest BCUT2D eigenvalue weighted by atomic mass is 16.4. The van der Waals surface area contributed by atoms with Crippen LogP contribution in [0.25, 0.3) is 0 Å². The molecule has 0 bridgehead atoms. The van der Waals surface area contributed by atoms with E-state index in [0.29, 0.717) is 11.1 Å². The summed E-state index contributed by atoms with van der Waals surface area (Å²) < 4.78 is 0. The van der Waals surface area contributed by atoms with Gasteiger partial charge in [-0.05, 0) is 18.1 Å². The summed E-state index contributed by atoms with van der Waals surface area (Å²) in [5, 5.41) is 27.0. The molecule has 0 spiro atoms. The Morgan fingerprint density at radius 2 is 1.24 bits per heavy atom. The van der Waals surface area contributed by atoms with Gasteiger partial charge in [0.2, 0.25) is 23.6 Å². The number of benzene rings is 2. The van der Waals surface area contributed by atoms with E-state index in [1.54, 1.807) is 60.7 Å². The standard InChI is InChI=1S/C26H33N5O7/c1-15(32)22(31-23(34)18(27)14-21(28)33)25(36)29-19(12-16-8-4-2-5-9-16)24(35)30-20(26(37)38)13-17-10-6-3-7-11-17/h2-11,15,18-20,22,32H,12-14,27H2,1H3,(H2,28,33)(H,29,36)(H,30,35)(H,31,34)(H,37,38). The van der Waals surface area contributed by atoms with E-state index in [-0.39, 0.29) is 12.8 Å². The van der Waals surface area contributed by atoms with Crippen LogP contribution in [0.3, 0.4) is 0 Å². The number of aliphatic carboxylic acids is 1. The summed E-state index contributed by atoms with van der Waals surface area (Å²) in [5.74, 6) is -4.67. The molecular weight excluding hydrogens is 494 g/mol. The monoisotopic (exact) mass is 527 g/mol. The summed E-state index contributed by atoms with van der Waals surface area (Å²) >= 11 is 0. The number of aliphatic hydroxyl groups is 1. The van der Waals surface area contributed by atoms with Crippen LogP contribution >= 0.6 is 0 Å². The Labute approximate surface area is 219 Å². The highest BCUT2D eigenvalue weighted by Gasteiger charge is 2.32. The highest BCUT2D eigenvalue weighted by molar-refractivity contribution is 5.95. The number of carboxylic acid groups (broad SMARTS) is 1. The van der Waals surface area contributed by atoms with Gasteiger partial charge < -0.3 is 37.6 Å². The maximum atomic E-state index is 13.2. The van der Waals surface area contributed by atoms with E-state index in [4.69, 9.17) is 11.5 Å². The minimum Gasteiger partial charge on any atom is -0.480 e. The van der Waals surface area contributed by atoms with Crippen LogP contribution in [0.2, 0.25) is 0 Å². The molecule has 2 aromatic carbocycles. The van der Waals surface area contributed by atoms with E-state index in [1.807, 2.05) is 0 Å². The first-order valence-corrected chi connectivity index (χ1v) is 11.9. The molecule has 0 fully saturated rings. The Morgan fingerprint density at radius 1 is 0.763 bits per heavy atom. The predicted octanol–water partition coefficient (Wildman–Crippen LogP) is -1.41. The summed E-state index contributed by atoms with van der Waals surface area (Å²) in [4.78, 5) is 61.5. The Bertz CT molecular complexity index is 1110. The van der Waals surface area contributed by atoms with Crippen LogP contribution in [0.1, 0.15) is 24.5 Å². The van der Waals surface area contributed by atoms with Crippen molar-refractivity contribution in [2.75, 3.05) is 0 Å². The molecule has 204 valence electrons. The smallest absolute Gasteiger partial charge is 0.326 e. The second-order valence-electron chi connectivity index (χ2n) is 8.84. The zero-order valence-electron chi connectivity index (χ0n) is 20.9. The van der Waals surface area contributed by atoms with Gasteiger partial charge in [-0.3, -0.25) is 19.2 Å². The van der Waals surface area contributed by atoms with Crippen LogP contribution in [0.5, 0.6) is 0 Å². The van der Waals surface area contributed by atoms with Crippen molar-refractivity contribution in [3.05, 3.63) is 71.8 Å². The number of amides is 4. The lowest BCUT2D eigenvalue weighted by molar-refractivity contribution is -0.142. The number of hydrogen-bond donors (Lipinski definition) is 7. The van der Waals surface area contributed by atoms with Gasteiger partial charge in [0.25, 0.3) is 0 Å². The molecule has 0 saturated carbocycles. The highest BCUT2D eigenvalue weighted by Crippen LogP contribution is 2.08. The Hall–Kier alpha value is -4.29. The van der Waals surface area contributed by atoms with Crippen LogP contribution in [-0.4, -0.2) is 70.1 Å². The second kappa shape index (κ2) is 14.4. The third-order valence-corrected chi connectivity index (χ3v) is 5.63. The van der Waals surface area contributed by atoms with Crippen molar-refractivity contribution in [3.8, 4) is 0 Å². The minimum atomic E-state index is -1.52. The summed E-state index contributed by atoms with van der Waals surface area (Å²) in [6, 6.07) is 12.0. The molecule has 0 aromatic heterocycles. The lowest BCUT2D eigenvalue weighted by atomic mass is 10.0. The molecule has 12 heteroatoms. The van der Waals surface area contributed by atoms with E-state index < -0.39 is 66.3 Å². The Kier molecular flexibility index (Phi) is 11.4. The van der Waals surface area contributed by atoms with E-state index in [2.05, 4.69) is 16.0 Å². The van der Waals surface area contributed by atoms with Crippen molar-refractivity contribution in [2.45, 2.75) is 56.5 Å². The van der Waals surface area contributed by atoms with Crippen molar-refractivity contribution in [3.63, 3.8) is 0 Å². The van der Waals surface area contributed by atoms with Gasteiger partial charge in [0.05, 0.1) is 18.6 Å². The maximum absolute atomic E-state index is 13.2. The Balaban J connectivity index is 2.22. The van der Waals surface area contributed by atoms with Crippen LogP contribution in [-0.2, 0) is 36.8 Å². The van der Waals surface area contributed by atoms with Crippen molar-refractivity contribution >= 4 is 29.6 Å². The van der Waals surface area contributed by atoms with Gasteiger partial charge in [-0.1, -0.05) is 60.7 Å². The fourth-order valence-electron chi connectivity index (χ4n) is 3.62. The average Bonchev–Trinajstić information content (AvgIpc) is 2.86. The fraction of sp³-hybridized carbons (Fsp3) is 0.346. The van der Waals surface area contributed by atoms with Crippen molar-refractivity contribution in [1.82, 2.24) is 16.0 Å². The second-order valence-corrected chi connectivity index (χ2v) is 8.84. The van der Waals surface area contributed by atoms with Crippen LogP contribution in [0.15, 0.2) is 60.7 Å². The molecule has 12 nitrogen and oxygen atoms in total. The molecule has 0 aliphatic heterocycles. The number of rotatable bonds is 14. The largest absolute Gasteiger partial charge is 0.480 e. The molecule has 0 aliphatic carbocycles. The minimum absolute atomic E-state index is 0.00223. The molecule has 0 radical (unpaired) electrons. The first-order chi connectivity index (χ1) is 18.0. The molecule has 0 aliphatic rings. The third kappa shape index (κ3) is 9.64. The van der Waals surface area contributed by atoms with Crippen molar-refractivity contribution in [2.24, 2.45) is 11.5 Å². The van der Waals surface area contributed by atoms with Gasteiger partial charge >= 0.3 is 5.97 Å². The van der Waals surface area contributed by atoms with Crippen LogP contribution < -0.4 is 27.4 Å². The van der Waals surface area contributed by atoms with Crippen LogP contribution in [0.4, 0.5) is 0 Å². The van der Waals surface area contributed by atoms with Gasteiger partial charge in [0.1, 0.15) is 18.1 Å². The quantitative estimate of drug-likeness (QED) is 0.155. The summed E-state index contributed by atoms with van der Waals surface area (Å²) in [6.07, 6.45) is -1.86. The molecule has 5 unspecified atom stereocenters. The number of aliphatic hydroxyl groups excluding tert-OH is 1. The maximum Gasteiger partial charge on any atom is 0.326 e. The van der Waals surface area contributed by atoms with E-state index in [9.17, 15) is 34.2 Å². The van der Waals surface area contributed by atoms with Gasteiger partial charge in [-0.15, -0.1) is 0 Å². The van der Waals surface area contributed by atoms with Crippen LogP contribution in [0, 0.1) is 0 Å². The lowest BCUT2D eigenvalue weighted by Crippen LogP contribution is -2.60. The molecule has 2 aromatic rings. The Morgan fingerprint density at radius 3 is 1.68 bits per heavy atom. The van der Waals surface area contributed by atoms with Gasteiger partial charge in [0, 0.05) is 12.8 Å². The third-order valence-electron chi connectivity index (χ3n) is 5.63. The van der Waals surface area contributed by atoms with Crippen molar-refractivity contribution < 1.29 is 34.2 Å². The molecule has 38 heavy (non-hydrogen) atoms. The van der Waals surface area contributed by atoms with Gasteiger partial charge in [-0.25, -0.2) is 4.79 Å². The zero-order chi connectivity index (χ0) is 28.2. The zero-order valence-corrected chi connectivity index (χ0v) is 20.9. The predicted molar refractivity (Wildman–Crippen MR) is 137 cm³/mol. The number of carboxylic acids is 1. The number of carbonyl (C=O) groups excluding carboxylic acids is 4. The van der Waals surface area contributed by atoms with E-state index in [1.165, 1.54) is 6.92 Å². The molecular formula is C26H33N5O7. The fourth-order valence-corrected chi connectivity index (χ4v) is 3.62. The van der Waals surface area contributed by atoms with E-state index >= 15 is 0 Å². The molecule has 2 rings (SSSR count). The number of primary amides is 1. The van der Waals surface area contributed by atoms with Gasteiger partial charge in [-0.2, -0.15) is 0 Å².